The summed E-state index contributed by atoms with van der Waals surface area (Å²) in [5.74, 6) is 0.984. The third-order valence-electron chi connectivity index (χ3n) is 2.83. The summed E-state index contributed by atoms with van der Waals surface area (Å²) in [4.78, 5) is 14.0. The van der Waals surface area contributed by atoms with Crippen LogP contribution in [0.25, 0.3) is 0 Å². The first-order chi connectivity index (χ1) is 7.85. The second-order valence-corrected chi connectivity index (χ2v) is 6.28. The number of amides is 1. The third-order valence-corrected chi connectivity index (χ3v) is 3.48. The average Bonchev–Trinajstić information content (AvgIpc) is 2.21. The van der Waals surface area contributed by atoms with Crippen LogP contribution in [0.1, 0.15) is 27.2 Å². The predicted molar refractivity (Wildman–Crippen MR) is 72.2 cm³/mol. The standard InChI is InChI=1S/C12H24N2O2S/c1-9-7-14(8-12(2,3)16-9)11(15)10(13)5-6-17-4/h9-10H,5-8,13H2,1-4H3/t9-,10-/m0/s1. The Bertz CT molecular complexity index is 271. The van der Waals surface area contributed by atoms with Crippen molar-refractivity contribution in [3.63, 3.8) is 0 Å². The molecular formula is C12H24N2O2S. The minimum Gasteiger partial charge on any atom is -0.369 e. The van der Waals surface area contributed by atoms with Gasteiger partial charge in [-0.05, 0) is 39.2 Å². The van der Waals surface area contributed by atoms with Gasteiger partial charge in [0.15, 0.2) is 0 Å². The minimum atomic E-state index is -0.372. The van der Waals surface area contributed by atoms with Gasteiger partial charge >= 0.3 is 0 Å². The Morgan fingerprint density at radius 2 is 2.29 bits per heavy atom. The van der Waals surface area contributed by atoms with Crippen molar-refractivity contribution < 1.29 is 9.53 Å². The number of thioether (sulfide) groups is 1. The molecule has 1 amide bonds. The smallest absolute Gasteiger partial charge is 0.239 e. The van der Waals surface area contributed by atoms with Crippen molar-refractivity contribution >= 4 is 17.7 Å². The number of nitrogens with zero attached hydrogens (tertiary/aromatic N) is 1. The van der Waals surface area contributed by atoms with E-state index in [4.69, 9.17) is 10.5 Å². The summed E-state index contributed by atoms with van der Waals surface area (Å²) in [5, 5.41) is 0. The second kappa shape index (κ2) is 6.07. The van der Waals surface area contributed by atoms with Crippen molar-refractivity contribution in [3.8, 4) is 0 Å². The summed E-state index contributed by atoms with van der Waals surface area (Å²) in [6, 6.07) is -0.372. The molecule has 0 radical (unpaired) electrons. The van der Waals surface area contributed by atoms with Gasteiger partial charge in [0.1, 0.15) is 0 Å². The van der Waals surface area contributed by atoms with Gasteiger partial charge in [-0.15, -0.1) is 0 Å². The fourth-order valence-corrected chi connectivity index (χ4v) is 2.71. The van der Waals surface area contributed by atoms with Gasteiger partial charge in [0.25, 0.3) is 0 Å². The summed E-state index contributed by atoms with van der Waals surface area (Å²) < 4.78 is 5.78. The number of hydrogen-bond acceptors (Lipinski definition) is 4. The van der Waals surface area contributed by atoms with E-state index in [0.717, 1.165) is 12.2 Å². The van der Waals surface area contributed by atoms with Crippen molar-refractivity contribution in [3.05, 3.63) is 0 Å². The van der Waals surface area contributed by atoms with Crippen LogP contribution in [0.2, 0.25) is 0 Å². The van der Waals surface area contributed by atoms with E-state index in [2.05, 4.69) is 0 Å². The van der Waals surface area contributed by atoms with E-state index in [1.54, 1.807) is 11.8 Å². The number of nitrogens with two attached hydrogens (primary N) is 1. The minimum absolute atomic E-state index is 0.0577. The van der Waals surface area contributed by atoms with Gasteiger partial charge in [-0.25, -0.2) is 0 Å². The lowest BCUT2D eigenvalue weighted by Crippen LogP contribution is -2.57. The van der Waals surface area contributed by atoms with Crippen LogP contribution in [0.3, 0.4) is 0 Å². The number of ether oxygens (including phenoxy) is 1. The van der Waals surface area contributed by atoms with Gasteiger partial charge in [-0.3, -0.25) is 4.79 Å². The fourth-order valence-electron chi connectivity index (χ4n) is 2.22. The molecule has 2 N–H and O–H groups in total. The maximum absolute atomic E-state index is 12.2. The van der Waals surface area contributed by atoms with Crippen LogP contribution in [0, 0.1) is 0 Å². The van der Waals surface area contributed by atoms with E-state index in [-0.39, 0.29) is 23.7 Å². The summed E-state index contributed by atoms with van der Waals surface area (Å²) >= 11 is 1.72. The summed E-state index contributed by atoms with van der Waals surface area (Å²) in [6.45, 7) is 7.29. The highest BCUT2D eigenvalue weighted by Crippen LogP contribution is 2.21. The van der Waals surface area contributed by atoms with Crippen LogP contribution >= 0.6 is 11.8 Å². The molecule has 1 heterocycles. The molecule has 100 valence electrons. The van der Waals surface area contributed by atoms with Crippen LogP contribution in [-0.4, -0.2) is 53.7 Å². The molecule has 0 aromatic heterocycles. The Morgan fingerprint density at radius 3 is 2.82 bits per heavy atom. The molecule has 1 aliphatic heterocycles. The lowest BCUT2D eigenvalue weighted by Gasteiger charge is -2.42. The van der Waals surface area contributed by atoms with Crippen LogP contribution in [0.5, 0.6) is 0 Å². The van der Waals surface area contributed by atoms with Crippen molar-refractivity contribution in [2.24, 2.45) is 5.73 Å². The average molecular weight is 260 g/mol. The molecule has 0 bridgehead atoms. The van der Waals surface area contributed by atoms with Crippen molar-refractivity contribution in [2.45, 2.75) is 44.9 Å². The molecule has 4 nitrogen and oxygen atoms in total. The van der Waals surface area contributed by atoms with E-state index in [1.807, 2.05) is 31.9 Å². The van der Waals surface area contributed by atoms with E-state index in [9.17, 15) is 4.79 Å². The molecule has 0 aromatic carbocycles. The quantitative estimate of drug-likeness (QED) is 0.822. The summed E-state index contributed by atoms with van der Waals surface area (Å²) in [6.07, 6.45) is 2.85. The lowest BCUT2D eigenvalue weighted by atomic mass is 10.0. The van der Waals surface area contributed by atoms with E-state index < -0.39 is 0 Å². The fraction of sp³-hybridized carbons (Fsp3) is 0.917. The molecule has 0 spiro atoms. The number of rotatable bonds is 4. The normalized spacial score (nSPS) is 25.7. The molecule has 5 heteroatoms. The predicted octanol–water partition coefficient (Wildman–Crippen LogP) is 1.09. The highest BCUT2D eigenvalue weighted by molar-refractivity contribution is 7.98. The zero-order valence-electron chi connectivity index (χ0n) is 11.2. The summed E-state index contributed by atoms with van der Waals surface area (Å²) in [7, 11) is 0. The van der Waals surface area contributed by atoms with Gasteiger partial charge in [-0.1, -0.05) is 0 Å². The molecule has 0 unspecified atom stereocenters. The first kappa shape index (κ1) is 14.8. The van der Waals surface area contributed by atoms with Gasteiger partial charge in [0, 0.05) is 13.1 Å². The highest BCUT2D eigenvalue weighted by Gasteiger charge is 2.35. The van der Waals surface area contributed by atoms with Gasteiger partial charge in [-0.2, -0.15) is 11.8 Å². The maximum atomic E-state index is 12.2. The van der Waals surface area contributed by atoms with Crippen molar-refractivity contribution in [1.82, 2.24) is 4.90 Å². The molecule has 1 aliphatic rings. The second-order valence-electron chi connectivity index (χ2n) is 5.29. The largest absolute Gasteiger partial charge is 0.369 e. The Kier molecular flexibility index (Phi) is 5.28. The molecule has 0 aliphatic carbocycles. The lowest BCUT2D eigenvalue weighted by molar-refractivity contribution is -0.159. The highest BCUT2D eigenvalue weighted by atomic mass is 32.2. The molecule has 1 fully saturated rings. The molecule has 0 saturated carbocycles. The Labute approximate surface area is 108 Å². The Hall–Kier alpha value is -0.260. The Morgan fingerprint density at radius 1 is 1.65 bits per heavy atom. The van der Waals surface area contributed by atoms with E-state index >= 15 is 0 Å². The monoisotopic (exact) mass is 260 g/mol. The number of carbonyl (C=O) groups excluding carboxylic acids is 1. The SMILES string of the molecule is CSCC[C@H](N)C(=O)N1C[C@H](C)OC(C)(C)C1. The van der Waals surface area contributed by atoms with Crippen LogP contribution < -0.4 is 5.73 Å². The van der Waals surface area contributed by atoms with Gasteiger partial charge in [0.05, 0.1) is 17.7 Å². The number of carbonyl (C=O) groups is 1. The van der Waals surface area contributed by atoms with Crippen LogP contribution in [-0.2, 0) is 9.53 Å². The van der Waals surface area contributed by atoms with Crippen molar-refractivity contribution in [2.75, 3.05) is 25.1 Å². The zero-order valence-corrected chi connectivity index (χ0v) is 12.0. The number of hydrogen-bond donors (Lipinski definition) is 1. The first-order valence-electron chi connectivity index (χ1n) is 6.07. The van der Waals surface area contributed by atoms with Crippen LogP contribution in [0.15, 0.2) is 0 Å². The molecule has 1 rings (SSSR count). The maximum Gasteiger partial charge on any atom is 0.239 e. The third kappa shape index (κ3) is 4.48. The summed E-state index contributed by atoms with van der Waals surface area (Å²) in [5.41, 5.74) is 5.65. The topological polar surface area (TPSA) is 55.6 Å². The molecular weight excluding hydrogens is 236 g/mol. The first-order valence-corrected chi connectivity index (χ1v) is 7.46. The Balaban J connectivity index is 2.56. The van der Waals surface area contributed by atoms with Crippen LogP contribution in [0.4, 0.5) is 0 Å². The molecule has 1 saturated heterocycles. The van der Waals surface area contributed by atoms with Gasteiger partial charge in [0.2, 0.25) is 5.91 Å². The zero-order chi connectivity index (χ0) is 13.1. The molecule has 17 heavy (non-hydrogen) atoms. The van der Waals surface area contributed by atoms with Gasteiger partial charge < -0.3 is 15.4 Å². The number of morpholine rings is 1. The van der Waals surface area contributed by atoms with E-state index in [0.29, 0.717) is 13.1 Å². The molecule has 2 atom stereocenters. The van der Waals surface area contributed by atoms with Crippen molar-refractivity contribution in [1.29, 1.82) is 0 Å². The molecule has 0 aromatic rings. The van der Waals surface area contributed by atoms with E-state index in [1.165, 1.54) is 0 Å².